The first-order chi connectivity index (χ1) is 11.1. The van der Waals surface area contributed by atoms with Gasteiger partial charge in [-0.05, 0) is 42.4 Å². The molecule has 0 radical (unpaired) electrons. The lowest BCUT2D eigenvalue weighted by Gasteiger charge is -2.13. The molecule has 2 N–H and O–H groups in total. The van der Waals surface area contributed by atoms with Crippen molar-refractivity contribution in [1.29, 1.82) is 0 Å². The summed E-state index contributed by atoms with van der Waals surface area (Å²) in [7, 11) is 3.27. The maximum atomic E-state index is 6.03. The molecular weight excluding hydrogens is 334 g/mol. The Hall–Kier alpha value is -2.05. The van der Waals surface area contributed by atoms with Crippen LogP contribution < -0.4 is 20.1 Å². The summed E-state index contributed by atoms with van der Waals surface area (Å²) in [4.78, 5) is 4.13. The van der Waals surface area contributed by atoms with Gasteiger partial charge in [0.25, 0.3) is 0 Å². The van der Waals surface area contributed by atoms with E-state index in [0.29, 0.717) is 22.5 Å². The quantitative estimate of drug-likeness (QED) is 0.779. The average Bonchev–Trinajstić information content (AvgIpc) is 2.57. The Balaban J connectivity index is 1.87. The van der Waals surface area contributed by atoms with Gasteiger partial charge in [-0.3, -0.25) is 0 Å². The molecule has 122 valence electrons. The van der Waals surface area contributed by atoms with Gasteiger partial charge in [-0.2, -0.15) is 0 Å². The average molecular weight is 352 g/mol. The summed E-state index contributed by atoms with van der Waals surface area (Å²) in [6, 6.07) is 9.26. The molecule has 1 aromatic heterocycles. The zero-order valence-corrected chi connectivity index (χ0v) is 14.5. The minimum atomic E-state index is 0.470. The number of methoxy groups -OCH3 is 2. The van der Waals surface area contributed by atoms with Gasteiger partial charge in [0, 0.05) is 18.8 Å². The van der Waals surface area contributed by atoms with Gasteiger partial charge >= 0.3 is 0 Å². The second-order valence-electron chi connectivity index (χ2n) is 4.64. The summed E-state index contributed by atoms with van der Waals surface area (Å²) >= 11 is 11.3. The highest BCUT2D eigenvalue weighted by Gasteiger charge is 2.06. The van der Waals surface area contributed by atoms with Crippen LogP contribution in [0, 0.1) is 0 Å². The van der Waals surface area contributed by atoms with Gasteiger partial charge in [-0.25, -0.2) is 4.98 Å². The van der Waals surface area contributed by atoms with Crippen LogP contribution in [0.25, 0.3) is 0 Å². The molecule has 2 rings (SSSR count). The smallest absolute Gasteiger partial charge is 0.171 e. The van der Waals surface area contributed by atoms with E-state index in [1.807, 2.05) is 18.2 Å². The monoisotopic (exact) mass is 351 g/mol. The van der Waals surface area contributed by atoms with Crippen molar-refractivity contribution in [3.05, 3.63) is 47.1 Å². The number of ether oxygens (including phenoxy) is 2. The normalized spacial score (nSPS) is 10.0. The van der Waals surface area contributed by atoms with Crippen molar-refractivity contribution in [3.63, 3.8) is 0 Å². The molecule has 0 spiro atoms. The minimum absolute atomic E-state index is 0.470. The highest BCUT2D eigenvalue weighted by Crippen LogP contribution is 2.24. The summed E-state index contributed by atoms with van der Waals surface area (Å²) in [5.41, 5.74) is 1.07. The van der Waals surface area contributed by atoms with E-state index in [0.717, 1.165) is 23.5 Å². The molecule has 23 heavy (non-hydrogen) atoms. The van der Waals surface area contributed by atoms with Gasteiger partial charge in [0.05, 0.1) is 19.2 Å². The Labute approximate surface area is 146 Å². The molecule has 7 heteroatoms. The minimum Gasteiger partial charge on any atom is -0.497 e. The summed E-state index contributed by atoms with van der Waals surface area (Å²) in [6.45, 7) is 0.652. The van der Waals surface area contributed by atoms with E-state index in [1.54, 1.807) is 32.5 Å². The van der Waals surface area contributed by atoms with Crippen LogP contribution in [-0.4, -0.2) is 30.9 Å². The third kappa shape index (κ3) is 4.97. The van der Waals surface area contributed by atoms with E-state index in [2.05, 4.69) is 15.6 Å². The second kappa shape index (κ2) is 8.55. The number of pyridine rings is 1. The Morgan fingerprint density at radius 2 is 2.09 bits per heavy atom. The number of anilines is 1. The summed E-state index contributed by atoms with van der Waals surface area (Å²) in [5.74, 6) is 2.09. The number of thiocarbonyl (C=S) groups is 1. The summed E-state index contributed by atoms with van der Waals surface area (Å²) in [6.07, 6.45) is 2.41. The molecule has 0 fully saturated rings. The molecule has 5 nitrogen and oxygen atoms in total. The highest BCUT2D eigenvalue weighted by atomic mass is 35.5. The van der Waals surface area contributed by atoms with Gasteiger partial charge in [0.1, 0.15) is 11.5 Å². The lowest BCUT2D eigenvalue weighted by molar-refractivity contribution is 0.391. The van der Waals surface area contributed by atoms with Gasteiger partial charge in [0.15, 0.2) is 10.9 Å². The van der Waals surface area contributed by atoms with E-state index in [9.17, 15) is 0 Å². The van der Waals surface area contributed by atoms with E-state index in [-0.39, 0.29) is 0 Å². The predicted octanol–water partition coefficient (Wildman–Crippen LogP) is 3.28. The number of rotatable bonds is 6. The molecule has 0 unspecified atom stereocenters. The summed E-state index contributed by atoms with van der Waals surface area (Å²) < 4.78 is 10.6. The molecule has 0 saturated carbocycles. The van der Waals surface area contributed by atoms with Crippen molar-refractivity contribution in [2.75, 3.05) is 26.1 Å². The van der Waals surface area contributed by atoms with Crippen molar-refractivity contribution in [1.82, 2.24) is 10.3 Å². The van der Waals surface area contributed by atoms with Gasteiger partial charge in [-0.1, -0.05) is 17.7 Å². The number of hydrogen-bond acceptors (Lipinski definition) is 4. The molecular formula is C16H18ClN3O2S. The molecule has 0 saturated heterocycles. The fourth-order valence-electron chi connectivity index (χ4n) is 2.00. The van der Waals surface area contributed by atoms with Gasteiger partial charge in [-0.15, -0.1) is 0 Å². The van der Waals surface area contributed by atoms with E-state index in [1.165, 1.54) is 0 Å². The van der Waals surface area contributed by atoms with Crippen molar-refractivity contribution < 1.29 is 9.47 Å². The van der Waals surface area contributed by atoms with Crippen molar-refractivity contribution in [3.8, 4) is 11.5 Å². The fourth-order valence-corrected chi connectivity index (χ4v) is 2.37. The third-order valence-corrected chi connectivity index (χ3v) is 3.72. The number of benzene rings is 1. The SMILES string of the molecule is COc1ccc(CCNC(=S)Nc2ncccc2Cl)c(OC)c1. The van der Waals surface area contributed by atoms with Crippen LogP contribution in [0.1, 0.15) is 5.56 Å². The van der Waals surface area contributed by atoms with Crippen LogP contribution in [0.15, 0.2) is 36.5 Å². The van der Waals surface area contributed by atoms with Gasteiger partial charge in [0.2, 0.25) is 0 Å². The van der Waals surface area contributed by atoms with Crippen LogP contribution in [-0.2, 0) is 6.42 Å². The lowest BCUT2D eigenvalue weighted by atomic mass is 10.1. The first kappa shape index (κ1) is 17.3. The standard InChI is InChI=1S/C16H18ClN3O2S/c1-21-12-6-5-11(14(10-12)22-2)7-9-19-16(23)20-15-13(17)4-3-8-18-15/h3-6,8,10H,7,9H2,1-2H3,(H2,18,19,20,23). The maximum absolute atomic E-state index is 6.03. The number of nitrogens with zero attached hydrogens (tertiary/aromatic N) is 1. The maximum Gasteiger partial charge on any atom is 0.171 e. The topological polar surface area (TPSA) is 55.4 Å². The van der Waals surface area contributed by atoms with Crippen molar-refractivity contribution in [2.24, 2.45) is 0 Å². The number of nitrogens with one attached hydrogen (secondary N) is 2. The zero-order valence-electron chi connectivity index (χ0n) is 12.9. The molecule has 0 bridgehead atoms. The van der Waals surface area contributed by atoms with Crippen LogP contribution in [0.2, 0.25) is 5.02 Å². The largest absolute Gasteiger partial charge is 0.497 e. The molecule has 0 aliphatic heterocycles. The first-order valence-corrected chi connectivity index (χ1v) is 7.79. The number of halogens is 1. The van der Waals surface area contributed by atoms with E-state index >= 15 is 0 Å². The molecule has 1 aromatic carbocycles. The van der Waals surface area contributed by atoms with Crippen molar-refractivity contribution >= 4 is 34.7 Å². The molecule has 0 aliphatic carbocycles. The molecule has 0 atom stereocenters. The Bertz CT molecular complexity index is 682. The van der Waals surface area contributed by atoms with Gasteiger partial charge < -0.3 is 20.1 Å². The second-order valence-corrected chi connectivity index (χ2v) is 5.46. The predicted molar refractivity (Wildman–Crippen MR) is 96.7 cm³/mol. The van der Waals surface area contributed by atoms with Crippen LogP contribution in [0.5, 0.6) is 11.5 Å². The molecule has 0 amide bonds. The van der Waals surface area contributed by atoms with E-state index in [4.69, 9.17) is 33.3 Å². The highest BCUT2D eigenvalue weighted by molar-refractivity contribution is 7.80. The van der Waals surface area contributed by atoms with Crippen LogP contribution in [0.3, 0.4) is 0 Å². The molecule has 1 heterocycles. The van der Waals surface area contributed by atoms with Crippen molar-refractivity contribution in [2.45, 2.75) is 6.42 Å². The third-order valence-electron chi connectivity index (χ3n) is 3.16. The Morgan fingerprint density at radius 3 is 2.78 bits per heavy atom. The Kier molecular flexibility index (Phi) is 6.43. The number of aromatic nitrogens is 1. The van der Waals surface area contributed by atoms with Crippen LogP contribution in [0.4, 0.5) is 5.82 Å². The lowest BCUT2D eigenvalue weighted by Crippen LogP contribution is -2.30. The van der Waals surface area contributed by atoms with E-state index < -0.39 is 0 Å². The fraction of sp³-hybridized carbons (Fsp3) is 0.250. The summed E-state index contributed by atoms with van der Waals surface area (Å²) in [5, 5.41) is 7.08. The zero-order chi connectivity index (χ0) is 16.7. The Morgan fingerprint density at radius 1 is 1.26 bits per heavy atom. The first-order valence-electron chi connectivity index (χ1n) is 7.00. The number of hydrogen-bond donors (Lipinski definition) is 2. The molecule has 2 aromatic rings. The molecule has 0 aliphatic rings. The van der Waals surface area contributed by atoms with Crippen LogP contribution >= 0.6 is 23.8 Å².